The van der Waals surface area contributed by atoms with Gasteiger partial charge in [-0.15, -0.1) is 0 Å². The highest BCUT2D eigenvalue weighted by Crippen LogP contribution is 2.01. The van der Waals surface area contributed by atoms with E-state index in [9.17, 15) is 0 Å². The summed E-state index contributed by atoms with van der Waals surface area (Å²) in [6, 6.07) is 0. The zero-order valence-electron chi connectivity index (χ0n) is 12.3. The van der Waals surface area contributed by atoms with Gasteiger partial charge in [0.1, 0.15) is 0 Å². The van der Waals surface area contributed by atoms with Crippen LogP contribution < -0.4 is 5.32 Å². The van der Waals surface area contributed by atoms with E-state index in [-0.39, 0.29) is 0 Å². The first-order chi connectivity index (χ1) is 8.27. The number of hydrogen-bond donors (Lipinski definition) is 1. The molecule has 0 aromatic carbocycles. The molecule has 2 heteroatoms. The monoisotopic (exact) mass is 243 g/mol. The van der Waals surface area contributed by atoms with Crippen molar-refractivity contribution in [2.24, 2.45) is 5.92 Å². The van der Waals surface area contributed by atoms with Crippen molar-refractivity contribution >= 4 is 0 Å². The Morgan fingerprint density at radius 1 is 0.882 bits per heavy atom. The van der Waals surface area contributed by atoms with E-state index in [1.807, 2.05) is 0 Å². The Kier molecular flexibility index (Phi) is 13.9. The Hall–Kier alpha value is -0.0800. The van der Waals surface area contributed by atoms with Crippen LogP contribution in [0.4, 0.5) is 0 Å². The summed E-state index contributed by atoms with van der Waals surface area (Å²) >= 11 is 0. The van der Waals surface area contributed by atoms with Crippen LogP contribution in [0.2, 0.25) is 0 Å². The van der Waals surface area contributed by atoms with Gasteiger partial charge in [-0.1, -0.05) is 46.5 Å². The lowest BCUT2D eigenvalue weighted by Gasteiger charge is -2.07. The molecule has 0 saturated carbocycles. The van der Waals surface area contributed by atoms with Crippen molar-refractivity contribution in [1.82, 2.24) is 5.32 Å². The maximum atomic E-state index is 5.58. The second kappa shape index (κ2) is 14.0. The van der Waals surface area contributed by atoms with Gasteiger partial charge in [-0.25, -0.2) is 0 Å². The van der Waals surface area contributed by atoms with E-state index in [2.05, 4.69) is 26.1 Å². The van der Waals surface area contributed by atoms with E-state index < -0.39 is 0 Å². The standard InChI is InChI=1S/C15H33NO/c1-4-5-9-12-17-13-10-7-6-8-11-16-14-15(2)3/h15-16H,4-14H2,1-3H3. The summed E-state index contributed by atoms with van der Waals surface area (Å²) < 4.78 is 5.58. The van der Waals surface area contributed by atoms with E-state index in [0.29, 0.717) is 0 Å². The van der Waals surface area contributed by atoms with Gasteiger partial charge in [0.25, 0.3) is 0 Å². The summed E-state index contributed by atoms with van der Waals surface area (Å²) in [5.74, 6) is 0.770. The molecule has 0 spiro atoms. The van der Waals surface area contributed by atoms with Crippen LogP contribution >= 0.6 is 0 Å². The Balaban J connectivity index is 2.89. The van der Waals surface area contributed by atoms with Crippen molar-refractivity contribution < 1.29 is 4.74 Å². The number of hydrogen-bond acceptors (Lipinski definition) is 2. The third-order valence-corrected chi connectivity index (χ3v) is 2.84. The van der Waals surface area contributed by atoms with E-state index in [4.69, 9.17) is 4.74 Å². The molecule has 0 atom stereocenters. The molecule has 0 amide bonds. The normalized spacial score (nSPS) is 11.3. The molecular weight excluding hydrogens is 210 g/mol. The average Bonchev–Trinajstić information content (AvgIpc) is 2.30. The maximum Gasteiger partial charge on any atom is 0.0466 e. The molecule has 0 radical (unpaired) electrons. The van der Waals surface area contributed by atoms with Gasteiger partial charge in [-0.2, -0.15) is 0 Å². The molecule has 0 rings (SSSR count). The number of nitrogens with one attached hydrogen (secondary N) is 1. The zero-order valence-corrected chi connectivity index (χ0v) is 12.3. The fraction of sp³-hybridized carbons (Fsp3) is 1.00. The first-order valence-electron chi connectivity index (χ1n) is 7.55. The molecule has 0 fully saturated rings. The van der Waals surface area contributed by atoms with Gasteiger partial charge in [0.2, 0.25) is 0 Å². The molecule has 0 aromatic rings. The Morgan fingerprint density at radius 3 is 2.18 bits per heavy atom. The van der Waals surface area contributed by atoms with Gasteiger partial charge in [0.05, 0.1) is 0 Å². The molecule has 0 aliphatic heterocycles. The van der Waals surface area contributed by atoms with Gasteiger partial charge in [-0.3, -0.25) is 0 Å². The van der Waals surface area contributed by atoms with Gasteiger partial charge in [-0.05, 0) is 38.3 Å². The summed E-state index contributed by atoms with van der Waals surface area (Å²) in [4.78, 5) is 0. The molecule has 2 nitrogen and oxygen atoms in total. The second-order valence-corrected chi connectivity index (χ2v) is 5.33. The average molecular weight is 243 g/mol. The molecule has 104 valence electrons. The molecule has 0 aromatic heterocycles. The molecule has 0 aliphatic rings. The van der Waals surface area contributed by atoms with Crippen molar-refractivity contribution in [3.05, 3.63) is 0 Å². The SMILES string of the molecule is CCCCCOCCCCCCNCC(C)C. The maximum absolute atomic E-state index is 5.58. The topological polar surface area (TPSA) is 21.3 Å². The minimum atomic E-state index is 0.770. The highest BCUT2D eigenvalue weighted by Gasteiger charge is 1.94. The Labute approximate surface area is 109 Å². The zero-order chi connectivity index (χ0) is 12.8. The van der Waals surface area contributed by atoms with E-state index in [0.717, 1.165) is 25.7 Å². The number of rotatable bonds is 13. The van der Waals surface area contributed by atoms with Crippen LogP contribution in [0.1, 0.15) is 65.7 Å². The lowest BCUT2D eigenvalue weighted by Crippen LogP contribution is -2.20. The molecule has 0 saturated heterocycles. The first-order valence-corrected chi connectivity index (χ1v) is 7.55. The van der Waals surface area contributed by atoms with E-state index in [1.54, 1.807) is 0 Å². The van der Waals surface area contributed by atoms with E-state index in [1.165, 1.54) is 51.5 Å². The predicted molar refractivity (Wildman–Crippen MR) is 76.5 cm³/mol. The Morgan fingerprint density at radius 2 is 1.53 bits per heavy atom. The summed E-state index contributed by atoms with van der Waals surface area (Å²) in [7, 11) is 0. The third-order valence-electron chi connectivity index (χ3n) is 2.84. The van der Waals surface area contributed by atoms with Gasteiger partial charge in [0.15, 0.2) is 0 Å². The Bertz CT molecular complexity index is 137. The predicted octanol–water partition coefficient (Wildman–Crippen LogP) is 4.00. The number of unbranched alkanes of at least 4 members (excludes halogenated alkanes) is 5. The van der Waals surface area contributed by atoms with Crippen LogP contribution in [-0.2, 0) is 4.74 Å². The van der Waals surface area contributed by atoms with Gasteiger partial charge >= 0.3 is 0 Å². The van der Waals surface area contributed by atoms with Crippen LogP contribution in [0.25, 0.3) is 0 Å². The van der Waals surface area contributed by atoms with Crippen molar-refractivity contribution in [3.63, 3.8) is 0 Å². The third kappa shape index (κ3) is 15.9. The molecule has 0 unspecified atom stereocenters. The van der Waals surface area contributed by atoms with Gasteiger partial charge in [0, 0.05) is 13.2 Å². The minimum Gasteiger partial charge on any atom is -0.381 e. The van der Waals surface area contributed by atoms with Crippen molar-refractivity contribution in [2.75, 3.05) is 26.3 Å². The fourth-order valence-corrected chi connectivity index (χ4v) is 1.75. The highest BCUT2D eigenvalue weighted by molar-refractivity contribution is 4.52. The van der Waals surface area contributed by atoms with E-state index >= 15 is 0 Å². The van der Waals surface area contributed by atoms with Crippen LogP contribution in [-0.4, -0.2) is 26.3 Å². The summed E-state index contributed by atoms with van der Waals surface area (Å²) in [6.45, 7) is 11.0. The summed E-state index contributed by atoms with van der Waals surface area (Å²) in [6.07, 6.45) is 9.02. The van der Waals surface area contributed by atoms with Crippen LogP contribution in [0.3, 0.4) is 0 Å². The van der Waals surface area contributed by atoms with Crippen LogP contribution in [0, 0.1) is 5.92 Å². The molecule has 0 bridgehead atoms. The van der Waals surface area contributed by atoms with Crippen molar-refractivity contribution in [1.29, 1.82) is 0 Å². The lowest BCUT2D eigenvalue weighted by atomic mass is 10.2. The molecular formula is C15H33NO. The smallest absolute Gasteiger partial charge is 0.0466 e. The quantitative estimate of drug-likeness (QED) is 0.494. The van der Waals surface area contributed by atoms with Gasteiger partial charge < -0.3 is 10.1 Å². The first kappa shape index (κ1) is 16.9. The highest BCUT2D eigenvalue weighted by atomic mass is 16.5. The largest absolute Gasteiger partial charge is 0.381 e. The molecule has 0 heterocycles. The second-order valence-electron chi connectivity index (χ2n) is 5.33. The summed E-state index contributed by atoms with van der Waals surface area (Å²) in [5.41, 5.74) is 0. The molecule has 1 N–H and O–H groups in total. The number of ether oxygens (including phenoxy) is 1. The lowest BCUT2D eigenvalue weighted by molar-refractivity contribution is 0.126. The molecule has 17 heavy (non-hydrogen) atoms. The van der Waals surface area contributed by atoms with Crippen LogP contribution in [0.5, 0.6) is 0 Å². The fourth-order valence-electron chi connectivity index (χ4n) is 1.75. The summed E-state index contributed by atoms with van der Waals surface area (Å²) in [5, 5.41) is 3.48. The minimum absolute atomic E-state index is 0.770. The molecule has 0 aliphatic carbocycles. The van der Waals surface area contributed by atoms with Crippen molar-refractivity contribution in [2.45, 2.75) is 65.7 Å². The van der Waals surface area contributed by atoms with Crippen molar-refractivity contribution in [3.8, 4) is 0 Å². The van der Waals surface area contributed by atoms with Crippen LogP contribution in [0.15, 0.2) is 0 Å².